The molecule has 0 aromatic heterocycles. The maximum Gasteiger partial charge on any atom is 0.134 e. The highest BCUT2D eigenvalue weighted by Gasteiger charge is 2.23. The lowest BCUT2D eigenvalue weighted by Gasteiger charge is -2.31. The molecule has 0 aliphatic heterocycles. The van der Waals surface area contributed by atoms with Crippen molar-refractivity contribution in [1.82, 2.24) is 4.90 Å². The number of benzene rings is 3. The van der Waals surface area contributed by atoms with Gasteiger partial charge in [-0.1, -0.05) is 69.3 Å². The lowest BCUT2D eigenvalue weighted by atomic mass is 9.93. The number of nitrogens with zero attached hydrogens (tertiary/aromatic N) is 1. The van der Waals surface area contributed by atoms with E-state index in [4.69, 9.17) is 0 Å². The first-order valence-electron chi connectivity index (χ1n) is 8.15. The van der Waals surface area contributed by atoms with E-state index < -0.39 is 6.23 Å². The molecule has 0 spiro atoms. The van der Waals surface area contributed by atoms with Gasteiger partial charge in [0.15, 0.2) is 0 Å². The molecular weight excluding hydrogens is 282 g/mol. The van der Waals surface area contributed by atoms with Crippen LogP contribution in [0.2, 0.25) is 0 Å². The first kappa shape index (κ1) is 16.0. The third kappa shape index (κ3) is 3.24. The maximum absolute atomic E-state index is 11.1. The molecule has 120 valence electrons. The van der Waals surface area contributed by atoms with Gasteiger partial charge in [-0.25, -0.2) is 0 Å². The minimum atomic E-state index is -0.620. The van der Waals surface area contributed by atoms with Gasteiger partial charge in [0.25, 0.3) is 0 Å². The van der Waals surface area contributed by atoms with E-state index in [9.17, 15) is 5.11 Å². The zero-order chi connectivity index (χ0) is 16.6. The van der Waals surface area contributed by atoms with Crippen LogP contribution in [-0.2, 0) is 0 Å². The molecule has 0 saturated carbocycles. The Morgan fingerprint density at radius 2 is 1.39 bits per heavy atom. The van der Waals surface area contributed by atoms with Gasteiger partial charge in [0.05, 0.1) is 0 Å². The van der Waals surface area contributed by atoms with Gasteiger partial charge in [-0.05, 0) is 40.1 Å². The number of aliphatic hydroxyl groups is 1. The second-order valence-corrected chi connectivity index (χ2v) is 7.58. The molecule has 0 aliphatic rings. The van der Waals surface area contributed by atoms with Crippen molar-refractivity contribution in [3.05, 3.63) is 60.2 Å². The molecule has 3 rings (SSSR count). The Balaban J connectivity index is 2.20. The molecule has 2 heteroatoms. The van der Waals surface area contributed by atoms with Gasteiger partial charge in [-0.2, -0.15) is 0 Å². The van der Waals surface area contributed by atoms with Gasteiger partial charge < -0.3 is 5.11 Å². The highest BCUT2D eigenvalue weighted by Crippen LogP contribution is 2.34. The summed E-state index contributed by atoms with van der Waals surface area (Å²) in [6.07, 6.45) is -0.620. The van der Waals surface area contributed by atoms with Crippen LogP contribution in [0.4, 0.5) is 0 Å². The van der Waals surface area contributed by atoms with Gasteiger partial charge in [0.1, 0.15) is 6.23 Å². The van der Waals surface area contributed by atoms with Gasteiger partial charge in [0.2, 0.25) is 0 Å². The molecule has 2 nitrogen and oxygen atoms in total. The molecule has 0 bridgehead atoms. The lowest BCUT2D eigenvalue weighted by molar-refractivity contribution is 0.00370. The summed E-state index contributed by atoms with van der Waals surface area (Å²) in [5, 5.41) is 15.7. The van der Waals surface area contributed by atoms with Crippen molar-refractivity contribution in [2.24, 2.45) is 5.41 Å². The van der Waals surface area contributed by atoms with E-state index in [2.05, 4.69) is 51.1 Å². The molecule has 0 radical (unpaired) electrons. The van der Waals surface area contributed by atoms with E-state index >= 15 is 0 Å². The van der Waals surface area contributed by atoms with Crippen molar-refractivity contribution in [3.63, 3.8) is 0 Å². The molecule has 0 saturated heterocycles. The van der Waals surface area contributed by atoms with Crippen molar-refractivity contribution in [3.8, 4) is 0 Å². The third-order valence-electron chi connectivity index (χ3n) is 4.21. The predicted octanol–water partition coefficient (Wildman–Crippen LogP) is 4.96. The molecule has 0 fully saturated rings. The van der Waals surface area contributed by atoms with E-state index in [1.165, 1.54) is 10.8 Å². The number of hydrogen-bond acceptors (Lipinski definition) is 2. The molecule has 0 aliphatic carbocycles. The Morgan fingerprint density at radius 1 is 0.913 bits per heavy atom. The van der Waals surface area contributed by atoms with Crippen molar-refractivity contribution in [1.29, 1.82) is 0 Å². The van der Waals surface area contributed by atoms with Crippen molar-refractivity contribution in [2.75, 3.05) is 13.6 Å². The Labute approximate surface area is 138 Å². The fraction of sp³-hybridized carbons (Fsp3) is 0.333. The zero-order valence-corrected chi connectivity index (χ0v) is 14.4. The van der Waals surface area contributed by atoms with Crippen LogP contribution in [0, 0.1) is 5.41 Å². The van der Waals surface area contributed by atoms with E-state index in [1.807, 2.05) is 36.2 Å². The second-order valence-electron chi connectivity index (χ2n) is 7.58. The zero-order valence-electron chi connectivity index (χ0n) is 14.4. The van der Waals surface area contributed by atoms with Crippen molar-refractivity contribution in [2.45, 2.75) is 27.0 Å². The Bertz CT molecular complexity index is 778. The molecule has 1 N–H and O–H groups in total. The quantitative estimate of drug-likeness (QED) is 0.546. The van der Waals surface area contributed by atoms with Crippen molar-refractivity contribution >= 4 is 21.5 Å². The van der Waals surface area contributed by atoms with E-state index in [1.54, 1.807) is 0 Å². The monoisotopic (exact) mass is 307 g/mol. The fourth-order valence-corrected chi connectivity index (χ4v) is 3.38. The smallest absolute Gasteiger partial charge is 0.134 e. The molecule has 3 aromatic rings. The molecule has 1 unspecified atom stereocenters. The summed E-state index contributed by atoms with van der Waals surface area (Å²) in [6.45, 7) is 7.40. The summed E-state index contributed by atoms with van der Waals surface area (Å²) in [6, 6.07) is 18.8. The highest BCUT2D eigenvalue weighted by molar-refractivity contribution is 6.02. The number of rotatable bonds is 3. The van der Waals surface area contributed by atoms with Gasteiger partial charge in [0, 0.05) is 12.1 Å². The van der Waals surface area contributed by atoms with Gasteiger partial charge in [-0.3, -0.25) is 4.90 Å². The molecule has 1 atom stereocenters. The topological polar surface area (TPSA) is 23.5 Å². The van der Waals surface area contributed by atoms with Crippen molar-refractivity contribution < 1.29 is 5.11 Å². The Morgan fingerprint density at radius 3 is 1.87 bits per heavy atom. The standard InChI is InChI=1S/C21H25NO/c1-21(2,3)14-22(4)20(23)19-17-11-7-5-9-15(17)13-16-10-6-8-12-18(16)19/h5-13,20,23H,14H2,1-4H3. The second kappa shape index (κ2) is 5.95. The number of hydrogen-bond donors (Lipinski definition) is 1. The van der Waals surface area contributed by atoms with Crippen LogP contribution in [-0.4, -0.2) is 23.6 Å². The summed E-state index contributed by atoms with van der Waals surface area (Å²) < 4.78 is 0. The highest BCUT2D eigenvalue weighted by atomic mass is 16.3. The molecule has 3 aromatic carbocycles. The predicted molar refractivity (Wildman–Crippen MR) is 98.5 cm³/mol. The van der Waals surface area contributed by atoms with Crippen LogP contribution in [0.25, 0.3) is 21.5 Å². The first-order chi connectivity index (χ1) is 10.9. The summed E-state index contributed by atoms with van der Waals surface area (Å²) in [5.41, 5.74) is 1.14. The van der Waals surface area contributed by atoms with Gasteiger partial charge in [-0.15, -0.1) is 0 Å². The SMILES string of the molecule is CN(CC(C)(C)C)C(O)c1c2ccccc2cc2ccccc12. The normalized spacial score (nSPS) is 13.8. The number of fused-ring (bicyclic) bond motifs is 2. The van der Waals surface area contributed by atoms with Crippen LogP contribution < -0.4 is 0 Å². The fourth-order valence-electron chi connectivity index (χ4n) is 3.38. The molecular formula is C21H25NO. The number of aliphatic hydroxyl groups excluding tert-OH is 1. The molecule has 0 amide bonds. The summed E-state index contributed by atoms with van der Waals surface area (Å²) in [4.78, 5) is 2.04. The summed E-state index contributed by atoms with van der Waals surface area (Å²) in [5.74, 6) is 0. The first-order valence-corrected chi connectivity index (χ1v) is 8.15. The van der Waals surface area contributed by atoms with Crippen LogP contribution in [0.3, 0.4) is 0 Å². The largest absolute Gasteiger partial charge is 0.374 e. The molecule has 0 heterocycles. The third-order valence-corrected chi connectivity index (χ3v) is 4.21. The van der Waals surface area contributed by atoms with Crippen LogP contribution in [0.5, 0.6) is 0 Å². The summed E-state index contributed by atoms with van der Waals surface area (Å²) >= 11 is 0. The van der Waals surface area contributed by atoms with Crippen LogP contribution in [0.1, 0.15) is 32.6 Å². The van der Waals surface area contributed by atoms with E-state index in [-0.39, 0.29) is 5.41 Å². The Kier molecular flexibility index (Phi) is 4.13. The lowest BCUT2D eigenvalue weighted by Crippen LogP contribution is -2.33. The van der Waals surface area contributed by atoms with Gasteiger partial charge >= 0.3 is 0 Å². The maximum atomic E-state index is 11.1. The Hall–Kier alpha value is -1.90. The molecule has 23 heavy (non-hydrogen) atoms. The van der Waals surface area contributed by atoms with E-state index in [0.29, 0.717) is 0 Å². The minimum absolute atomic E-state index is 0.135. The van der Waals surface area contributed by atoms with Crippen LogP contribution in [0.15, 0.2) is 54.6 Å². The average molecular weight is 307 g/mol. The average Bonchev–Trinajstić information content (AvgIpc) is 2.50. The van der Waals surface area contributed by atoms with Crippen LogP contribution >= 0.6 is 0 Å². The minimum Gasteiger partial charge on any atom is -0.374 e. The van der Waals surface area contributed by atoms with E-state index in [0.717, 1.165) is 22.9 Å². The summed E-state index contributed by atoms with van der Waals surface area (Å²) in [7, 11) is 1.99.